The average Bonchev–Trinajstić information content (AvgIpc) is 3.01. The van der Waals surface area contributed by atoms with Crippen LogP contribution < -0.4 is 10.1 Å². The van der Waals surface area contributed by atoms with E-state index >= 15 is 0 Å². The number of hydrogen-bond acceptors (Lipinski definition) is 3. The van der Waals surface area contributed by atoms with Crippen LogP contribution in [0, 0.1) is 5.92 Å². The van der Waals surface area contributed by atoms with E-state index < -0.39 is 0 Å². The third-order valence-electron chi connectivity index (χ3n) is 4.67. The molecule has 0 aliphatic carbocycles. The minimum Gasteiger partial charge on any atom is -0.493 e. The van der Waals surface area contributed by atoms with Crippen molar-refractivity contribution in [3.63, 3.8) is 0 Å². The second-order valence-corrected chi connectivity index (χ2v) is 5.99. The van der Waals surface area contributed by atoms with E-state index in [0.717, 1.165) is 25.4 Å². The SMILES string of the molecule is CNC(CCC1CCCO1)C1COc2ccccc2C1. The average molecular weight is 275 g/mol. The van der Waals surface area contributed by atoms with Gasteiger partial charge in [-0.05, 0) is 50.8 Å². The molecule has 1 saturated heterocycles. The first kappa shape index (κ1) is 13.9. The normalized spacial score (nSPS) is 26.9. The van der Waals surface area contributed by atoms with Crippen molar-refractivity contribution in [2.45, 2.75) is 44.2 Å². The van der Waals surface area contributed by atoms with Crippen LogP contribution in [0.5, 0.6) is 5.75 Å². The fraction of sp³-hybridized carbons (Fsp3) is 0.647. The van der Waals surface area contributed by atoms with Gasteiger partial charge < -0.3 is 14.8 Å². The molecule has 3 nitrogen and oxygen atoms in total. The topological polar surface area (TPSA) is 30.5 Å². The van der Waals surface area contributed by atoms with Crippen LogP contribution in [0.25, 0.3) is 0 Å². The molecule has 2 aliphatic rings. The van der Waals surface area contributed by atoms with Crippen LogP contribution in [-0.4, -0.2) is 32.4 Å². The Morgan fingerprint density at radius 3 is 3.05 bits per heavy atom. The fourth-order valence-electron chi connectivity index (χ4n) is 3.46. The number of para-hydroxylation sites is 1. The largest absolute Gasteiger partial charge is 0.493 e. The molecule has 1 aromatic carbocycles. The van der Waals surface area contributed by atoms with E-state index in [2.05, 4.69) is 30.6 Å². The molecule has 2 aliphatic heterocycles. The molecule has 0 bridgehead atoms. The van der Waals surface area contributed by atoms with Gasteiger partial charge in [-0.1, -0.05) is 18.2 Å². The quantitative estimate of drug-likeness (QED) is 0.896. The van der Waals surface area contributed by atoms with Crippen LogP contribution in [0.1, 0.15) is 31.2 Å². The van der Waals surface area contributed by atoms with Gasteiger partial charge in [-0.25, -0.2) is 0 Å². The highest BCUT2D eigenvalue weighted by Gasteiger charge is 2.27. The molecule has 0 radical (unpaired) electrons. The number of fused-ring (bicyclic) bond motifs is 1. The maximum Gasteiger partial charge on any atom is 0.122 e. The number of ether oxygens (including phenoxy) is 2. The third-order valence-corrected chi connectivity index (χ3v) is 4.67. The molecule has 110 valence electrons. The Kier molecular flexibility index (Phi) is 4.58. The van der Waals surface area contributed by atoms with Gasteiger partial charge in [-0.2, -0.15) is 0 Å². The number of rotatable bonds is 5. The second-order valence-electron chi connectivity index (χ2n) is 5.99. The number of nitrogens with one attached hydrogen (secondary N) is 1. The van der Waals surface area contributed by atoms with Crippen molar-refractivity contribution in [3.8, 4) is 5.75 Å². The molecule has 0 spiro atoms. The predicted octanol–water partition coefficient (Wildman–Crippen LogP) is 2.78. The lowest BCUT2D eigenvalue weighted by Crippen LogP contribution is -2.40. The molecule has 3 heteroatoms. The smallest absolute Gasteiger partial charge is 0.122 e. The highest BCUT2D eigenvalue weighted by Crippen LogP contribution is 2.30. The highest BCUT2D eigenvalue weighted by molar-refractivity contribution is 5.35. The van der Waals surface area contributed by atoms with Crippen molar-refractivity contribution in [2.24, 2.45) is 5.92 Å². The zero-order valence-corrected chi connectivity index (χ0v) is 12.3. The summed E-state index contributed by atoms with van der Waals surface area (Å²) in [5, 5.41) is 3.49. The summed E-state index contributed by atoms with van der Waals surface area (Å²) in [6.45, 7) is 1.78. The van der Waals surface area contributed by atoms with Crippen LogP contribution >= 0.6 is 0 Å². The van der Waals surface area contributed by atoms with Crippen molar-refractivity contribution < 1.29 is 9.47 Å². The summed E-state index contributed by atoms with van der Waals surface area (Å²) in [4.78, 5) is 0. The summed E-state index contributed by atoms with van der Waals surface area (Å²) >= 11 is 0. The molecule has 0 amide bonds. The van der Waals surface area contributed by atoms with Gasteiger partial charge in [-0.15, -0.1) is 0 Å². The molecule has 20 heavy (non-hydrogen) atoms. The van der Waals surface area contributed by atoms with Crippen LogP contribution in [0.4, 0.5) is 0 Å². The van der Waals surface area contributed by atoms with Gasteiger partial charge >= 0.3 is 0 Å². The van der Waals surface area contributed by atoms with E-state index in [4.69, 9.17) is 9.47 Å². The fourth-order valence-corrected chi connectivity index (χ4v) is 3.46. The monoisotopic (exact) mass is 275 g/mol. The van der Waals surface area contributed by atoms with Crippen molar-refractivity contribution in [2.75, 3.05) is 20.3 Å². The van der Waals surface area contributed by atoms with Crippen LogP contribution in [0.15, 0.2) is 24.3 Å². The van der Waals surface area contributed by atoms with E-state index in [0.29, 0.717) is 18.1 Å². The molecule has 3 atom stereocenters. The second kappa shape index (κ2) is 6.59. The summed E-state index contributed by atoms with van der Waals surface area (Å²) in [7, 11) is 2.07. The number of hydrogen-bond donors (Lipinski definition) is 1. The Balaban J connectivity index is 1.56. The first-order valence-corrected chi connectivity index (χ1v) is 7.86. The first-order valence-electron chi connectivity index (χ1n) is 7.86. The minimum atomic E-state index is 0.489. The summed E-state index contributed by atoms with van der Waals surface area (Å²) in [6.07, 6.45) is 6.42. The molecular weight excluding hydrogens is 250 g/mol. The Labute approximate surface area is 121 Å². The number of benzene rings is 1. The lowest BCUT2D eigenvalue weighted by molar-refractivity contribution is 0.0938. The van der Waals surface area contributed by atoms with Crippen molar-refractivity contribution in [1.82, 2.24) is 5.32 Å². The van der Waals surface area contributed by atoms with E-state index in [1.54, 1.807) is 0 Å². The van der Waals surface area contributed by atoms with E-state index in [1.165, 1.54) is 31.2 Å². The van der Waals surface area contributed by atoms with E-state index in [-0.39, 0.29) is 0 Å². The van der Waals surface area contributed by atoms with Gasteiger partial charge in [0.05, 0.1) is 12.7 Å². The van der Waals surface area contributed by atoms with Gasteiger partial charge in [0.15, 0.2) is 0 Å². The lowest BCUT2D eigenvalue weighted by Gasteiger charge is -2.32. The van der Waals surface area contributed by atoms with Crippen molar-refractivity contribution >= 4 is 0 Å². The highest BCUT2D eigenvalue weighted by atomic mass is 16.5. The standard InChI is InChI=1S/C17H25NO2/c1-18-16(9-8-15-6-4-10-19-15)14-11-13-5-2-3-7-17(13)20-12-14/h2-3,5,7,14-16,18H,4,6,8-12H2,1H3. The van der Waals surface area contributed by atoms with Gasteiger partial charge in [-0.3, -0.25) is 0 Å². The van der Waals surface area contributed by atoms with Crippen molar-refractivity contribution in [3.05, 3.63) is 29.8 Å². The van der Waals surface area contributed by atoms with Crippen LogP contribution in [0.3, 0.4) is 0 Å². The first-order chi connectivity index (χ1) is 9.86. The van der Waals surface area contributed by atoms with Gasteiger partial charge in [0.2, 0.25) is 0 Å². The van der Waals surface area contributed by atoms with Gasteiger partial charge in [0.1, 0.15) is 5.75 Å². The summed E-state index contributed by atoms with van der Waals surface area (Å²) in [5.41, 5.74) is 1.35. The molecule has 1 fully saturated rings. The maximum atomic E-state index is 5.92. The molecule has 3 unspecified atom stereocenters. The Morgan fingerprint density at radius 2 is 2.25 bits per heavy atom. The predicted molar refractivity (Wildman–Crippen MR) is 80.2 cm³/mol. The molecular formula is C17H25NO2. The molecule has 1 N–H and O–H groups in total. The third kappa shape index (κ3) is 3.15. The zero-order valence-electron chi connectivity index (χ0n) is 12.3. The maximum absolute atomic E-state index is 5.92. The molecule has 1 aromatic rings. The Morgan fingerprint density at radius 1 is 1.35 bits per heavy atom. The molecule has 0 saturated carbocycles. The van der Waals surface area contributed by atoms with Crippen LogP contribution in [0.2, 0.25) is 0 Å². The van der Waals surface area contributed by atoms with Crippen molar-refractivity contribution in [1.29, 1.82) is 0 Å². The van der Waals surface area contributed by atoms with Gasteiger partial charge in [0, 0.05) is 18.6 Å². The van der Waals surface area contributed by atoms with Gasteiger partial charge in [0.25, 0.3) is 0 Å². The Bertz CT molecular complexity index is 429. The lowest BCUT2D eigenvalue weighted by atomic mass is 9.87. The Hall–Kier alpha value is -1.06. The van der Waals surface area contributed by atoms with E-state index in [1.807, 2.05) is 6.07 Å². The molecule has 3 rings (SSSR count). The summed E-state index contributed by atoms with van der Waals surface area (Å²) in [5.74, 6) is 1.63. The molecule has 2 heterocycles. The minimum absolute atomic E-state index is 0.489. The van der Waals surface area contributed by atoms with E-state index in [9.17, 15) is 0 Å². The summed E-state index contributed by atoms with van der Waals surface area (Å²) in [6, 6.07) is 8.94. The summed E-state index contributed by atoms with van der Waals surface area (Å²) < 4.78 is 11.7. The molecule has 0 aromatic heterocycles. The van der Waals surface area contributed by atoms with Crippen LogP contribution in [-0.2, 0) is 11.2 Å². The zero-order chi connectivity index (χ0) is 13.8.